The summed E-state index contributed by atoms with van der Waals surface area (Å²) in [5, 5.41) is 0. The second-order valence-electron chi connectivity index (χ2n) is 10.3. The highest BCUT2D eigenvalue weighted by molar-refractivity contribution is 9.10. The molecule has 196 valence electrons. The van der Waals surface area contributed by atoms with Crippen LogP contribution in [0, 0.1) is 11.8 Å². The molecule has 4 aliphatic rings. The van der Waals surface area contributed by atoms with Gasteiger partial charge in [-0.3, -0.25) is 14.4 Å². The largest absolute Gasteiger partial charge is 0.454 e. The van der Waals surface area contributed by atoms with Gasteiger partial charge in [0, 0.05) is 21.9 Å². The first-order valence-electron chi connectivity index (χ1n) is 13.1. The predicted octanol–water partition coefficient (Wildman–Crippen LogP) is 5.89. The van der Waals surface area contributed by atoms with Crippen molar-refractivity contribution >= 4 is 45.2 Å². The summed E-state index contributed by atoms with van der Waals surface area (Å²) in [4.78, 5) is 54.5. The molecule has 7 heteroatoms. The second kappa shape index (κ2) is 9.38. The van der Waals surface area contributed by atoms with Crippen LogP contribution >= 0.6 is 15.9 Å². The number of imide groups is 1. The summed E-state index contributed by atoms with van der Waals surface area (Å²) in [5.41, 5.74) is 5.31. The highest BCUT2D eigenvalue weighted by Crippen LogP contribution is 2.61. The number of halogens is 1. The van der Waals surface area contributed by atoms with E-state index in [2.05, 4.69) is 40.2 Å². The number of amides is 2. The van der Waals surface area contributed by atoms with Crippen molar-refractivity contribution in [3.8, 4) is 0 Å². The molecule has 8 rings (SSSR count). The quantitative estimate of drug-likeness (QED) is 0.164. The molecule has 1 saturated heterocycles. The molecular formula is C33H22BrNO5. The highest BCUT2D eigenvalue weighted by Gasteiger charge is 2.61. The lowest BCUT2D eigenvalue weighted by atomic mass is 9.55. The summed E-state index contributed by atoms with van der Waals surface area (Å²) in [6, 6.07) is 29.2. The van der Waals surface area contributed by atoms with E-state index in [1.807, 2.05) is 24.3 Å². The van der Waals surface area contributed by atoms with Gasteiger partial charge in [0.15, 0.2) is 12.4 Å². The highest BCUT2D eigenvalue weighted by atomic mass is 79.9. The molecule has 0 unspecified atom stereocenters. The van der Waals surface area contributed by atoms with Crippen LogP contribution in [0.2, 0.25) is 0 Å². The number of esters is 1. The number of Topliss-reactive ketones (excluding diaryl/α,β-unsaturated/α-hetero) is 1. The summed E-state index contributed by atoms with van der Waals surface area (Å²) in [6.45, 7) is -0.420. The molecule has 0 aromatic heterocycles. The van der Waals surface area contributed by atoms with Crippen LogP contribution in [0.1, 0.15) is 54.8 Å². The number of ether oxygens (including phenoxy) is 1. The van der Waals surface area contributed by atoms with Crippen molar-refractivity contribution in [1.82, 2.24) is 0 Å². The van der Waals surface area contributed by atoms with E-state index in [-0.39, 0.29) is 35.0 Å². The van der Waals surface area contributed by atoms with Crippen LogP contribution < -0.4 is 4.90 Å². The molecule has 2 atom stereocenters. The van der Waals surface area contributed by atoms with Gasteiger partial charge in [-0.15, -0.1) is 0 Å². The fourth-order valence-corrected chi connectivity index (χ4v) is 6.90. The fourth-order valence-electron chi connectivity index (χ4n) is 6.64. The molecule has 6 nitrogen and oxygen atoms in total. The van der Waals surface area contributed by atoms with Crippen LogP contribution in [0.25, 0.3) is 0 Å². The average molecular weight is 592 g/mol. The average Bonchev–Trinajstić information content (AvgIpc) is 3.26. The Kier molecular flexibility index (Phi) is 5.78. The van der Waals surface area contributed by atoms with Gasteiger partial charge in [0.05, 0.1) is 23.1 Å². The molecule has 4 aromatic carbocycles. The first kappa shape index (κ1) is 24.7. The summed E-state index contributed by atoms with van der Waals surface area (Å²) < 4.78 is 6.12. The number of nitrogens with zero attached hydrogens (tertiary/aromatic N) is 1. The maximum atomic E-state index is 14.0. The van der Waals surface area contributed by atoms with E-state index in [1.165, 1.54) is 11.0 Å². The van der Waals surface area contributed by atoms with Crippen molar-refractivity contribution in [1.29, 1.82) is 0 Å². The smallest absolute Gasteiger partial charge is 0.338 e. The maximum Gasteiger partial charge on any atom is 0.338 e. The van der Waals surface area contributed by atoms with E-state index in [0.29, 0.717) is 11.3 Å². The van der Waals surface area contributed by atoms with Crippen molar-refractivity contribution < 1.29 is 23.9 Å². The standard InChI is InChI=1S/C33H22BrNO5/c34-20-14-12-18(13-15-20)26(36)17-40-33(39)19-6-5-7-21(16-19)35-31(37)29-27-22-8-1-2-9-23(22)28(30(29)32(35)38)25-11-4-3-10-24(25)27/h1-16,27-30H,17H2/t27?,28?,29-,30-/m0/s1. The molecular weight excluding hydrogens is 570 g/mol. The van der Waals surface area contributed by atoms with Gasteiger partial charge in [-0.25, -0.2) is 9.69 Å². The number of hydrogen-bond acceptors (Lipinski definition) is 5. The van der Waals surface area contributed by atoms with E-state index >= 15 is 0 Å². The third-order valence-electron chi connectivity index (χ3n) is 8.29. The molecule has 2 bridgehead atoms. The minimum atomic E-state index is -0.705. The summed E-state index contributed by atoms with van der Waals surface area (Å²) in [5.74, 6) is -3.00. The van der Waals surface area contributed by atoms with Crippen LogP contribution in [-0.4, -0.2) is 30.2 Å². The monoisotopic (exact) mass is 591 g/mol. The van der Waals surface area contributed by atoms with Crippen LogP contribution in [0.4, 0.5) is 5.69 Å². The third-order valence-corrected chi connectivity index (χ3v) is 8.82. The fraction of sp³-hybridized carbons (Fsp3) is 0.152. The number of anilines is 1. The van der Waals surface area contributed by atoms with E-state index < -0.39 is 24.4 Å². The Balaban J connectivity index is 1.17. The van der Waals surface area contributed by atoms with Crippen molar-refractivity contribution in [3.05, 3.63) is 135 Å². The molecule has 4 aromatic rings. The Morgan fingerprint density at radius 2 is 1.20 bits per heavy atom. The van der Waals surface area contributed by atoms with Gasteiger partial charge in [0.25, 0.3) is 0 Å². The molecule has 0 spiro atoms. The van der Waals surface area contributed by atoms with Crippen LogP contribution in [-0.2, 0) is 14.3 Å². The molecule has 1 fully saturated rings. The van der Waals surface area contributed by atoms with Crippen LogP contribution in [0.3, 0.4) is 0 Å². The number of carbonyl (C=O) groups excluding carboxylic acids is 4. The minimum absolute atomic E-state index is 0.158. The Morgan fingerprint density at radius 3 is 1.73 bits per heavy atom. The first-order chi connectivity index (χ1) is 19.4. The number of ketones is 1. The van der Waals surface area contributed by atoms with Crippen molar-refractivity contribution in [3.63, 3.8) is 0 Å². The Labute approximate surface area is 238 Å². The van der Waals surface area contributed by atoms with Gasteiger partial charge in [-0.05, 0) is 52.6 Å². The Bertz CT molecular complexity index is 1610. The maximum absolute atomic E-state index is 14.0. The number of benzene rings is 4. The molecule has 40 heavy (non-hydrogen) atoms. The van der Waals surface area contributed by atoms with Gasteiger partial charge in [-0.2, -0.15) is 0 Å². The van der Waals surface area contributed by atoms with Crippen LogP contribution in [0.15, 0.2) is 102 Å². The zero-order valence-corrected chi connectivity index (χ0v) is 22.7. The molecule has 2 amide bonds. The summed E-state index contributed by atoms with van der Waals surface area (Å²) in [6.07, 6.45) is 0. The molecule has 3 aliphatic carbocycles. The lowest BCUT2D eigenvalue weighted by Gasteiger charge is -2.45. The number of hydrogen-bond donors (Lipinski definition) is 0. The first-order valence-corrected chi connectivity index (χ1v) is 13.8. The Morgan fingerprint density at radius 1 is 0.675 bits per heavy atom. The van der Waals surface area contributed by atoms with E-state index in [1.54, 1.807) is 42.5 Å². The van der Waals surface area contributed by atoms with E-state index in [0.717, 1.165) is 26.7 Å². The molecule has 1 aliphatic heterocycles. The number of rotatable bonds is 5. The summed E-state index contributed by atoms with van der Waals surface area (Å²) in [7, 11) is 0. The van der Waals surface area contributed by atoms with Gasteiger partial charge in [0.2, 0.25) is 11.8 Å². The van der Waals surface area contributed by atoms with Crippen LogP contribution in [0.5, 0.6) is 0 Å². The third kappa shape index (κ3) is 3.68. The zero-order chi connectivity index (χ0) is 27.5. The van der Waals surface area contributed by atoms with Gasteiger partial charge in [0.1, 0.15) is 0 Å². The van der Waals surface area contributed by atoms with Crippen molar-refractivity contribution in [2.45, 2.75) is 11.8 Å². The van der Waals surface area contributed by atoms with Crippen molar-refractivity contribution in [2.24, 2.45) is 11.8 Å². The van der Waals surface area contributed by atoms with Gasteiger partial charge >= 0.3 is 5.97 Å². The van der Waals surface area contributed by atoms with E-state index in [9.17, 15) is 19.2 Å². The zero-order valence-electron chi connectivity index (χ0n) is 21.1. The Hall–Kier alpha value is -4.36. The van der Waals surface area contributed by atoms with E-state index in [4.69, 9.17) is 4.74 Å². The molecule has 0 saturated carbocycles. The predicted molar refractivity (Wildman–Crippen MR) is 151 cm³/mol. The number of carbonyl (C=O) groups is 4. The topological polar surface area (TPSA) is 80.8 Å². The molecule has 0 radical (unpaired) electrons. The normalized spacial score (nSPS) is 22.0. The second-order valence-corrected chi connectivity index (χ2v) is 11.2. The van der Waals surface area contributed by atoms with Crippen molar-refractivity contribution in [2.75, 3.05) is 11.5 Å². The lowest BCUT2D eigenvalue weighted by Crippen LogP contribution is -2.41. The summed E-state index contributed by atoms with van der Waals surface area (Å²) >= 11 is 3.33. The molecule has 1 heterocycles. The van der Waals surface area contributed by atoms with Gasteiger partial charge < -0.3 is 4.74 Å². The SMILES string of the molecule is O=C(COC(=O)c1cccc(N2C(=O)[C@H]3C4c5ccccc5C(c5ccccc54)[C@@H]3C2=O)c1)c1ccc(Br)cc1. The lowest BCUT2D eigenvalue weighted by molar-refractivity contribution is -0.122. The van der Waals surface area contributed by atoms with Gasteiger partial charge in [-0.1, -0.05) is 82.7 Å². The molecule has 0 N–H and O–H groups in total. The minimum Gasteiger partial charge on any atom is -0.454 e.